The summed E-state index contributed by atoms with van der Waals surface area (Å²) in [5, 5.41) is 10.2. The maximum atomic E-state index is 11.2. The summed E-state index contributed by atoms with van der Waals surface area (Å²) >= 11 is 0. The number of carbonyl (C=O) groups is 1. The number of aromatic nitrogens is 1. The lowest BCUT2D eigenvalue weighted by Gasteiger charge is -2.11. The molecule has 2 aromatic rings. The largest absolute Gasteiger partial charge is 0.505 e. The zero-order valence-electron chi connectivity index (χ0n) is 13.1. The molecule has 1 aromatic heterocycles. The Kier molecular flexibility index (Phi) is 6.07. The molecule has 2 rings (SSSR count). The molecule has 0 aliphatic heterocycles. The Balaban J connectivity index is 2.14. The maximum Gasteiger partial charge on any atom is 0.469 e. The highest BCUT2D eigenvalue weighted by molar-refractivity contribution is 7.46. The van der Waals surface area contributed by atoms with Gasteiger partial charge in [-0.05, 0) is 30.5 Å². The third-order valence-corrected chi connectivity index (χ3v) is 3.99. The molecule has 7 nitrogen and oxygen atoms in total. The Hall–Kier alpha value is -2.49. The average Bonchev–Trinajstić information content (AvgIpc) is 2.59. The van der Waals surface area contributed by atoms with Crippen LogP contribution in [0, 0.1) is 12.3 Å². The fourth-order valence-corrected chi connectivity index (χ4v) is 2.51. The monoisotopic (exact) mass is 361 g/mol. The predicted octanol–water partition coefficient (Wildman–Crippen LogP) is 1.98. The summed E-state index contributed by atoms with van der Waals surface area (Å²) in [6.45, 7) is -0.535. The van der Waals surface area contributed by atoms with Crippen LogP contribution in [0.1, 0.15) is 32.7 Å². The number of terminal acetylenes is 1. The standard InChI is InChI=1S/C17H16NO6P/c1-2-12-3-5-13(6-4-12)7-8-16-17(20)15(10-19)14(9-18-16)11-24-25(21,22)23/h1,3-6,9-10,20H,7-8,11H2,(H2,21,22,23). The Morgan fingerprint density at radius 2 is 1.92 bits per heavy atom. The van der Waals surface area contributed by atoms with E-state index in [-0.39, 0.29) is 16.9 Å². The van der Waals surface area contributed by atoms with E-state index in [0.29, 0.717) is 24.8 Å². The van der Waals surface area contributed by atoms with Crippen molar-refractivity contribution in [3.8, 4) is 18.1 Å². The molecule has 1 aromatic carbocycles. The Bertz CT molecular complexity index is 851. The molecule has 0 saturated heterocycles. The fraction of sp³-hybridized carbons (Fsp3) is 0.176. The number of nitrogens with zero attached hydrogens (tertiary/aromatic N) is 1. The normalized spacial score (nSPS) is 11.1. The van der Waals surface area contributed by atoms with Crippen molar-refractivity contribution in [3.63, 3.8) is 0 Å². The molecule has 1 heterocycles. The van der Waals surface area contributed by atoms with Gasteiger partial charge >= 0.3 is 7.82 Å². The van der Waals surface area contributed by atoms with Gasteiger partial charge in [0.1, 0.15) is 5.75 Å². The molecule has 25 heavy (non-hydrogen) atoms. The van der Waals surface area contributed by atoms with E-state index in [2.05, 4.69) is 15.4 Å². The van der Waals surface area contributed by atoms with Crippen LogP contribution in [0.3, 0.4) is 0 Å². The van der Waals surface area contributed by atoms with Gasteiger partial charge < -0.3 is 14.9 Å². The van der Waals surface area contributed by atoms with Crippen molar-refractivity contribution >= 4 is 14.1 Å². The first-order valence-corrected chi connectivity index (χ1v) is 8.77. The highest BCUT2D eigenvalue weighted by Gasteiger charge is 2.18. The lowest BCUT2D eigenvalue weighted by Crippen LogP contribution is -2.03. The van der Waals surface area contributed by atoms with Crippen LogP contribution in [-0.2, 0) is 28.5 Å². The summed E-state index contributed by atoms with van der Waals surface area (Å²) in [5.41, 5.74) is 2.06. The van der Waals surface area contributed by atoms with Gasteiger partial charge in [-0.2, -0.15) is 0 Å². The molecular weight excluding hydrogens is 345 g/mol. The van der Waals surface area contributed by atoms with Crippen LogP contribution in [0.5, 0.6) is 5.75 Å². The molecular formula is C17H16NO6P. The summed E-state index contributed by atoms with van der Waals surface area (Å²) in [4.78, 5) is 32.7. The van der Waals surface area contributed by atoms with Gasteiger partial charge in [0.05, 0.1) is 17.9 Å². The zero-order valence-corrected chi connectivity index (χ0v) is 14.0. The van der Waals surface area contributed by atoms with E-state index in [4.69, 9.17) is 16.2 Å². The highest BCUT2D eigenvalue weighted by atomic mass is 31.2. The van der Waals surface area contributed by atoms with E-state index in [1.807, 2.05) is 24.3 Å². The van der Waals surface area contributed by atoms with Crippen molar-refractivity contribution < 1.29 is 28.8 Å². The molecule has 8 heteroatoms. The number of benzene rings is 1. The molecule has 0 bridgehead atoms. The van der Waals surface area contributed by atoms with E-state index in [0.717, 1.165) is 11.1 Å². The van der Waals surface area contributed by atoms with Crippen LogP contribution < -0.4 is 0 Å². The lowest BCUT2D eigenvalue weighted by atomic mass is 10.0. The van der Waals surface area contributed by atoms with Crippen LogP contribution in [-0.4, -0.2) is 26.2 Å². The topological polar surface area (TPSA) is 117 Å². The molecule has 0 saturated carbocycles. The number of phosphoric acid groups is 1. The van der Waals surface area contributed by atoms with Crippen LogP contribution in [0.4, 0.5) is 0 Å². The summed E-state index contributed by atoms with van der Waals surface area (Å²) in [6, 6.07) is 7.36. The van der Waals surface area contributed by atoms with Crippen LogP contribution in [0.15, 0.2) is 30.5 Å². The van der Waals surface area contributed by atoms with Gasteiger partial charge in [0.2, 0.25) is 0 Å². The molecule has 0 aliphatic carbocycles. The van der Waals surface area contributed by atoms with E-state index < -0.39 is 14.4 Å². The van der Waals surface area contributed by atoms with Gasteiger partial charge in [-0.1, -0.05) is 18.1 Å². The van der Waals surface area contributed by atoms with Crippen LogP contribution >= 0.6 is 7.82 Å². The first kappa shape index (κ1) is 18.8. The van der Waals surface area contributed by atoms with E-state index >= 15 is 0 Å². The van der Waals surface area contributed by atoms with Gasteiger partial charge in [0.25, 0.3) is 0 Å². The molecule has 0 fully saturated rings. The van der Waals surface area contributed by atoms with Crippen molar-refractivity contribution in [1.82, 2.24) is 4.98 Å². The van der Waals surface area contributed by atoms with Gasteiger partial charge in [-0.3, -0.25) is 14.3 Å². The minimum Gasteiger partial charge on any atom is -0.505 e. The maximum absolute atomic E-state index is 11.2. The summed E-state index contributed by atoms with van der Waals surface area (Å²) in [6.07, 6.45) is 7.91. The van der Waals surface area contributed by atoms with Crippen molar-refractivity contribution in [3.05, 3.63) is 58.4 Å². The fourth-order valence-electron chi connectivity index (χ4n) is 2.21. The van der Waals surface area contributed by atoms with Crippen molar-refractivity contribution in [1.29, 1.82) is 0 Å². The molecule has 0 unspecified atom stereocenters. The Morgan fingerprint density at radius 3 is 2.48 bits per heavy atom. The van der Waals surface area contributed by atoms with Gasteiger partial charge in [-0.25, -0.2) is 4.57 Å². The molecule has 0 amide bonds. The van der Waals surface area contributed by atoms with Crippen LogP contribution in [0.2, 0.25) is 0 Å². The number of hydrogen-bond acceptors (Lipinski definition) is 5. The second kappa shape index (κ2) is 8.06. The first-order valence-electron chi connectivity index (χ1n) is 7.24. The Morgan fingerprint density at radius 1 is 1.24 bits per heavy atom. The zero-order chi connectivity index (χ0) is 18.4. The first-order chi connectivity index (χ1) is 11.8. The summed E-state index contributed by atoms with van der Waals surface area (Å²) < 4.78 is 15.1. The number of pyridine rings is 1. The van der Waals surface area contributed by atoms with Crippen molar-refractivity contribution in [2.45, 2.75) is 19.4 Å². The summed E-state index contributed by atoms with van der Waals surface area (Å²) in [7, 11) is -4.69. The minimum absolute atomic E-state index is 0.0953. The quantitative estimate of drug-likeness (QED) is 0.392. The number of rotatable bonds is 7. The second-order valence-corrected chi connectivity index (χ2v) is 6.45. The number of aryl methyl sites for hydroxylation is 2. The molecule has 0 atom stereocenters. The summed E-state index contributed by atoms with van der Waals surface area (Å²) in [5.74, 6) is 2.20. The third-order valence-electron chi connectivity index (χ3n) is 3.53. The van der Waals surface area contributed by atoms with Gasteiger partial charge in [0, 0.05) is 17.3 Å². The molecule has 3 N–H and O–H groups in total. The lowest BCUT2D eigenvalue weighted by molar-refractivity contribution is 0.111. The Labute approximate surface area is 144 Å². The number of hydrogen-bond donors (Lipinski definition) is 3. The minimum atomic E-state index is -4.69. The van der Waals surface area contributed by atoms with E-state index in [1.165, 1.54) is 6.20 Å². The average molecular weight is 361 g/mol. The SMILES string of the molecule is C#Cc1ccc(CCc2ncc(COP(=O)(O)O)c(C=O)c2O)cc1. The van der Waals surface area contributed by atoms with Crippen molar-refractivity contribution in [2.24, 2.45) is 0 Å². The molecule has 0 radical (unpaired) electrons. The van der Waals surface area contributed by atoms with E-state index in [9.17, 15) is 14.5 Å². The smallest absolute Gasteiger partial charge is 0.469 e. The van der Waals surface area contributed by atoms with Crippen LogP contribution in [0.25, 0.3) is 0 Å². The van der Waals surface area contributed by atoms with Crippen molar-refractivity contribution in [2.75, 3.05) is 0 Å². The number of carbonyl (C=O) groups excluding carboxylic acids is 1. The number of aldehydes is 1. The molecule has 0 spiro atoms. The second-order valence-electron chi connectivity index (χ2n) is 5.22. The number of aromatic hydroxyl groups is 1. The van der Waals surface area contributed by atoms with Gasteiger partial charge in [0.15, 0.2) is 6.29 Å². The van der Waals surface area contributed by atoms with E-state index in [1.54, 1.807) is 0 Å². The number of phosphoric ester groups is 1. The molecule has 130 valence electrons. The third kappa shape index (κ3) is 5.24. The molecule has 0 aliphatic rings. The predicted molar refractivity (Wildman–Crippen MR) is 89.9 cm³/mol. The highest BCUT2D eigenvalue weighted by Crippen LogP contribution is 2.37. The van der Waals surface area contributed by atoms with Gasteiger partial charge in [-0.15, -0.1) is 6.42 Å².